The maximum absolute atomic E-state index is 14.6. The molecular formula is C25H24F2N4O2. The fourth-order valence-corrected chi connectivity index (χ4v) is 4.56. The van der Waals surface area contributed by atoms with E-state index in [-0.39, 0.29) is 11.7 Å². The summed E-state index contributed by atoms with van der Waals surface area (Å²) in [7, 11) is 0. The molecule has 0 spiro atoms. The topological polar surface area (TPSA) is 61.6 Å². The Hall–Kier alpha value is -3.44. The minimum Gasteiger partial charge on any atom is -0.491 e. The van der Waals surface area contributed by atoms with Gasteiger partial charge in [0, 0.05) is 56.4 Å². The largest absolute Gasteiger partial charge is 0.491 e. The molecule has 2 aliphatic rings. The van der Waals surface area contributed by atoms with E-state index in [4.69, 9.17) is 9.47 Å². The van der Waals surface area contributed by atoms with Crippen LogP contribution >= 0.6 is 0 Å². The van der Waals surface area contributed by atoms with Crippen LogP contribution in [0.4, 0.5) is 20.2 Å². The van der Waals surface area contributed by atoms with Crippen LogP contribution in [0.3, 0.4) is 0 Å². The number of anilines is 2. The molecule has 0 saturated carbocycles. The molecule has 0 bridgehead atoms. The number of hydrogen-bond donors (Lipinski definition) is 0. The maximum Gasteiger partial charge on any atom is 0.148 e. The van der Waals surface area contributed by atoms with Crippen molar-refractivity contribution in [3.63, 3.8) is 0 Å². The van der Waals surface area contributed by atoms with Crippen LogP contribution in [0.25, 0.3) is 10.9 Å². The number of benzene rings is 2. The summed E-state index contributed by atoms with van der Waals surface area (Å²) in [6.45, 7) is 4.06. The first-order valence-corrected chi connectivity index (χ1v) is 11.1. The Morgan fingerprint density at radius 1 is 1.12 bits per heavy atom. The molecule has 2 aliphatic heterocycles. The Morgan fingerprint density at radius 2 is 1.91 bits per heavy atom. The first-order chi connectivity index (χ1) is 16.1. The van der Waals surface area contributed by atoms with Gasteiger partial charge >= 0.3 is 0 Å². The zero-order valence-corrected chi connectivity index (χ0v) is 18.1. The van der Waals surface area contributed by atoms with Gasteiger partial charge in [-0.2, -0.15) is 5.26 Å². The Balaban J connectivity index is 1.45. The number of nitriles is 1. The second-order valence-electron chi connectivity index (χ2n) is 8.40. The molecule has 170 valence electrons. The van der Waals surface area contributed by atoms with Gasteiger partial charge < -0.3 is 19.3 Å². The third kappa shape index (κ3) is 4.29. The van der Waals surface area contributed by atoms with Crippen molar-refractivity contribution in [3.8, 4) is 11.8 Å². The number of fused-ring (bicyclic) bond motifs is 1. The molecule has 0 aliphatic carbocycles. The number of nitrogens with zero attached hydrogens (tertiary/aromatic N) is 4. The van der Waals surface area contributed by atoms with Gasteiger partial charge in [0.1, 0.15) is 29.0 Å². The van der Waals surface area contributed by atoms with Crippen molar-refractivity contribution < 1.29 is 18.3 Å². The smallest absolute Gasteiger partial charge is 0.148 e. The van der Waals surface area contributed by atoms with Gasteiger partial charge in [-0.15, -0.1) is 0 Å². The molecule has 8 heteroatoms. The number of hydrogen-bond acceptors (Lipinski definition) is 6. The first-order valence-electron chi connectivity index (χ1n) is 11.1. The van der Waals surface area contributed by atoms with Gasteiger partial charge in [0.2, 0.25) is 0 Å². The van der Waals surface area contributed by atoms with Crippen molar-refractivity contribution in [2.24, 2.45) is 5.92 Å². The van der Waals surface area contributed by atoms with E-state index in [0.717, 1.165) is 6.42 Å². The van der Waals surface area contributed by atoms with E-state index in [2.05, 4.69) is 11.1 Å². The monoisotopic (exact) mass is 450 g/mol. The molecule has 1 aromatic heterocycles. The summed E-state index contributed by atoms with van der Waals surface area (Å²) in [5.74, 6) is -0.0573. The Kier molecular flexibility index (Phi) is 5.97. The summed E-state index contributed by atoms with van der Waals surface area (Å²) in [4.78, 5) is 8.47. The Bertz CT molecular complexity index is 1200. The molecule has 1 atom stereocenters. The minimum atomic E-state index is -0.441. The minimum absolute atomic E-state index is 0.255. The fraction of sp³-hybridized carbons (Fsp3) is 0.360. The van der Waals surface area contributed by atoms with Crippen molar-refractivity contribution in [2.75, 3.05) is 55.8 Å². The van der Waals surface area contributed by atoms with Crippen LogP contribution in [0.5, 0.6) is 5.75 Å². The van der Waals surface area contributed by atoms with Gasteiger partial charge in [-0.05, 0) is 24.6 Å². The lowest BCUT2D eigenvalue weighted by Gasteiger charge is -2.38. The molecule has 2 aromatic carbocycles. The fourth-order valence-electron chi connectivity index (χ4n) is 4.56. The number of para-hydroxylation sites is 1. The highest BCUT2D eigenvalue weighted by molar-refractivity contribution is 5.97. The summed E-state index contributed by atoms with van der Waals surface area (Å²) in [5.41, 5.74) is 2.11. The average molecular weight is 450 g/mol. The third-order valence-electron chi connectivity index (χ3n) is 6.28. The molecule has 6 nitrogen and oxygen atoms in total. The SMILES string of the molecule is N#Cc1cnc2c(OCC3CCOC3)cc(F)cc2c1N1CCN(c2ccccc2F)CC1. The van der Waals surface area contributed by atoms with Crippen LogP contribution in [-0.4, -0.2) is 51.0 Å². The molecule has 5 rings (SSSR count). The molecule has 0 radical (unpaired) electrons. The Labute approximate surface area is 190 Å². The van der Waals surface area contributed by atoms with Crippen LogP contribution in [0.1, 0.15) is 12.0 Å². The number of piperazine rings is 1. The zero-order chi connectivity index (χ0) is 22.8. The van der Waals surface area contributed by atoms with Crippen LogP contribution in [0.15, 0.2) is 42.6 Å². The van der Waals surface area contributed by atoms with Crippen molar-refractivity contribution in [1.82, 2.24) is 4.98 Å². The lowest BCUT2D eigenvalue weighted by molar-refractivity contribution is 0.167. The average Bonchev–Trinajstić information content (AvgIpc) is 3.36. The van der Waals surface area contributed by atoms with Crippen LogP contribution in [0.2, 0.25) is 0 Å². The van der Waals surface area contributed by atoms with Crippen LogP contribution < -0.4 is 14.5 Å². The van der Waals surface area contributed by atoms with Gasteiger partial charge in [-0.25, -0.2) is 8.78 Å². The van der Waals surface area contributed by atoms with Gasteiger partial charge in [-0.1, -0.05) is 12.1 Å². The molecule has 0 N–H and O–H groups in total. The van der Waals surface area contributed by atoms with Crippen LogP contribution in [0, 0.1) is 28.9 Å². The van der Waals surface area contributed by atoms with Crippen molar-refractivity contribution >= 4 is 22.3 Å². The molecule has 2 fully saturated rings. The molecule has 0 amide bonds. The van der Waals surface area contributed by atoms with E-state index in [9.17, 15) is 14.0 Å². The standard InChI is InChI=1S/C25H24F2N4O2/c26-19-11-20-24(23(12-19)33-16-17-5-10-32-15-17)29-14-18(13-28)25(20)31-8-6-30(7-9-31)22-4-2-1-3-21(22)27/h1-4,11-12,14,17H,5-10,15-16H2. The summed E-state index contributed by atoms with van der Waals surface area (Å²) in [6.07, 6.45) is 2.43. The van der Waals surface area contributed by atoms with E-state index in [1.165, 1.54) is 24.4 Å². The number of pyridine rings is 1. The zero-order valence-electron chi connectivity index (χ0n) is 18.1. The summed E-state index contributed by atoms with van der Waals surface area (Å²) >= 11 is 0. The highest BCUT2D eigenvalue weighted by Gasteiger charge is 2.25. The van der Waals surface area contributed by atoms with E-state index in [1.807, 2.05) is 15.9 Å². The maximum atomic E-state index is 14.6. The van der Waals surface area contributed by atoms with Crippen molar-refractivity contribution in [3.05, 3.63) is 59.8 Å². The van der Waals surface area contributed by atoms with Crippen molar-refractivity contribution in [2.45, 2.75) is 6.42 Å². The highest BCUT2D eigenvalue weighted by atomic mass is 19.1. The number of rotatable bonds is 5. The van der Waals surface area contributed by atoms with Gasteiger partial charge in [0.25, 0.3) is 0 Å². The molecule has 1 unspecified atom stereocenters. The van der Waals surface area contributed by atoms with Gasteiger partial charge in [-0.3, -0.25) is 4.98 Å². The molecular weight excluding hydrogens is 426 g/mol. The van der Waals surface area contributed by atoms with Crippen molar-refractivity contribution in [1.29, 1.82) is 5.26 Å². The lowest BCUT2D eigenvalue weighted by atomic mass is 10.1. The predicted octanol–water partition coefficient (Wildman–Crippen LogP) is 4.13. The lowest BCUT2D eigenvalue weighted by Crippen LogP contribution is -2.47. The summed E-state index contributed by atoms with van der Waals surface area (Å²) in [6, 6.07) is 11.7. The molecule has 3 aromatic rings. The van der Waals surface area contributed by atoms with Crippen LogP contribution in [-0.2, 0) is 4.74 Å². The van der Waals surface area contributed by atoms with E-state index >= 15 is 0 Å². The second-order valence-corrected chi connectivity index (χ2v) is 8.40. The molecule has 33 heavy (non-hydrogen) atoms. The predicted molar refractivity (Wildman–Crippen MR) is 122 cm³/mol. The highest BCUT2D eigenvalue weighted by Crippen LogP contribution is 2.36. The van der Waals surface area contributed by atoms with E-state index < -0.39 is 5.82 Å². The molecule has 3 heterocycles. The summed E-state index contributed by atoms with van der Waals surface area (Å²) < 4.78 is 40.2. The summed E-state index contributed by atoms with van der Waals surface area (Å²) in [5, 5.41) is 10.3. The van der Waals surface area contributed by atoms with Gasteiger partial charge in [0.05, 0.1) is 30.2 Å². The third-order valence-corrected chi connectivity index (χ3v) is 6.28. The second kappa shape index (κ2) is 9.20. The van der Waals surface area contributed by atoms with E-state index in [0.29, 0.717) is 79.6 Å². The molecule has 2 saturated heterocycles. The number of aromatic nitrogens is 1. The van der Waals surface area contributed by atoms with Gasteiger partial charge in [0.15, 0.2) is 0 Å². The van der Waals surface area contributed by atoms with E-state index in [1.54, 1.807) is 12.1 Å². The normalized spacial score (nSPS) is 18.5. The Morgan fingerprint density at radius 3 is 2.64 bits per heavy atom. The first kappa shape index (κ1) is 21.4. The quantitative estimate of drug-likeness (QED) is 0.583. The number of ether oxygens (including phenoxy) is 2. The number of halogens is 2.